The number of hydrogen-bond acceptors (Lipinski definition) is 4. The highest BCUT2D eigenvalue weighted by molar-refractivity contribution is 6.23. The second-order valence-corrected chi connectivity index (χ2v) is 9.08. The quantitative estimate of drug-likeness (QED) is 0.342. The van der Waals surface area contributed by atoms with Gasteiger partial charge < -0.3 is 4.74 Å². The van der Waals surface area contributed by atoms with Gasteiger partial charge in [0.2, 0.25) is 11.8 Å². The number of ether oxygens (including phenoxy) is 1. The molecular formula is C28H23NO4. The SMILES string of the molecule is CCC12c3ccccc3C(c3ccccc31)[C@H]1C(=O)N(c3ccc(OC(C)=O)cc3)C(=O)[C@@H]12. The first-order chi connectivity index (χ1) is 16.0. The lowest BCUT2D eigenvalue weighted by Crippen LogP contribution is -2.53. The predicted octanol–water partition coefficient (Wildman–Crippen LogP) is 4.57. The first-order valence-electron chi connectivity index (χ1n) is 11.3. The summed E-state index contributed by atoms with van der Waals surface area (Å²) in [5.41, 5.74) is 4.64. The van der Waals surface area contributed by atoms with E-state index in [0.717, 1.165) is 17.5 Å². The summed E-state index contributed by atoms with van der Waals surface area (Å²) in [6.07, 6.45) is 0.729. The number of benzene rings is 3. The normalized spacial score (nSPS) is 26.6. The van der Waals surface area contributed by atoms with Crippen LogP contribution in [0.15, 0.2) is 72.8 Å². The Morgan fingerprint density at radius 2 is 1.45 bits per heavy atom. The van der Waals surface area contributed by atoms with Crippen molar-refractivity contribution in [3.63, 3.8) is 0 Å². The molecule has 0 saturated carbocycles. The zero-order chi connectivity index (χ0) is 22.9. The van der Waals surface area contributed by atoms with E-state index in [9.17, 15) is 14.4 Å². The number of imide groups is 1. The molecule has 1 heterocycles. The number of rotatable bonds is 3. The molecule has 1 fully saturated rings. The standard InChI is InChI=1S/C28H23NO4/c1-3-28-21-10-6-4-8-19(21)23(20-9-5-7-11-22(20)28)24-25(28)27(32)29(26(24)31)17-12-14-18(15-13-17)33-16(2)30/h4-15,23-25H,3H2,1-2H3/t23?,24-,25-,28?/m1/s1. The van der Waals surface area contributed by atoms with Crippen molar-refractivity contribution < 1.29 is 19.1 Å². The molecule has 3 aliphatic carbocycles. The molecule has 4 aliphatic rings. The van der Waals surface area contributed by atoms with Gasteiger partial charge in [0, 0.05) is 18.3 Å². The van der Waals surface area contributed by atoms with Crippen molar-refractivity contribution in [2.75, 3.05) is 4.90 Å². The van der Waals surface area contributed by atoms with Crippen molar-refractivity contribution in [1.82, 2.24) is 0 Å². The van der Waals surface area contributed by atoms with Crippen LogP contribution in [-0.2, 0) is 19.8 Å². The summed E-state index contributed by atoms with van der Waals surface area (Å²) in [5.74, 6) is -1.36. The molecule has 5 nitrogen and oxygen atoms in total. The molecule has 1 aliphatic heterocycles. The van der Waals surface area contributed by atoms with Crippen LogP contribution in [0.1, 0.15) is 48.4 Å². The summed E-state index contributed by atoms with van der Waals surface area (Å²) in [6.45, 7) is 3.45. The van der Waals surface area contributed by atoms with E-state index in [4.69, 9.17) is 4.74 Å². The molecule has 0 spiro atoms. The molecule has 0 aromatic heterocycles. The maximum Gasteiger partial charge on any atom is 0.308 e. The van der Waals surface area contributed by atoms with Gasteiger partial charge in [-0.2, -0.15) is 0 Å². The molecule has 7 rings (SSSR count). The summed E-state index contributed by atoms with van der Waals surface area (Å²) in [6, 6.07) is 23.2. The van der Waals surface area contributed by atoms with E-state index < -0.39 is 23.2 Å². The van der Waals surface area contributed by atoms with Gasteiger partial charge in [-0.25, -0.2) is 4.90 Å². The molecule has 2 bridgehead atoms. The van der Waals surface area contributed by atoms with Gasteiger partial charge in [-0.3, -0.25) is 14.4 Å². The van der Waals surface area contributed by atoms with Gasteiger partial charge >= 0.3 is 5.97 Å². The highest BCUT2D eigenvalue weighted by Gasteiger charge is 2.67. The fraction of sp³-hybridized carbons (Fsp3) is 0.250. The van der Waals surface area contributed by atoms with Gasteiger partial charge in [-0.1, -0.05) is 55.5 Å². The van der Waals surface area contributed by atoms with E-state index in [-0.39, 0.29) is 17.7 Å². The van der Waals surface area contributed by atoms with Gasteiger partial charge in [0.25, 0.3) is 0 Å². The van der Waals surface area contributed by atoms with E-state index in [1.165, 1.54) is 23.0 Å². The van der Waals surface area contributed by atoms with E-state index in [2.05, 4.69) is 31.2 Å². The number of hydrogen-bond donors (Lipinski definition) is 0. The summed E-state index contributed by atoms with van der Waals surface area (Å²) in [7, 11) is 0. The lowest BCUT2D eigenvalue weighted by atomic mass is 9.46. The monoisotopic (exact) mass is 437 g/mol. The third-order valence-electron chi connectivity index (χ3n) is 7.71. The summed E-state index contributed by atoms with van der Waals surface area (Å²) < 4.78 is 5.11. The van der Waals surface area contributed by atoms with Crippen LogP contribution >= 0.6 is 0 Å². The van der Waals surface area contributed by atoms with Crippen LogP contribution in [0, 0.1) is 11.8 Å². The smallest absolute Gasteiger partial charge is 0.308 e. The van der Waals surface area contributed by atoms with Crippen LogP contribution < -0.4 is 9.64 Å². The number of esters is 1. The van der Waals surface area contributed by atoms with E-state index in [0.29, 0.717) is 11.4 Å². The summed E-state index contributed by atoms with van der Waals surface area (Å²) in [4.78, 5) is 40.5. The van der Waals surface area contributed by atoms with Crippen molar-refractivity contribution in [1.29, 1.82) is 0 Å². The minimum Gasteiger partial charge on any atom is -0.427 e. The molecule has 164 valence electrons. The first-order valence-corrected chi connectivity index (χ1v) is 11.3. The van der Waals surface area contributed by atoms with Crippen molar-refractivity contribution in [3.8, 4) is 5.75 Å². The maximum atomic E-state index is 14.0. The number of carbonyl (C=O) groups excluding carboxylic acids is 3. The summed E-state index contributed by atoms with van der Waals surface area (Å²) in [5, 5.41) is 0. The van der Waals surface area contributed by atoms with Gasteiger partial charge in [0.15, 0.2) is 0 Å². The third-order valence-corrected chi connectivity index (χ3v) is 7.71. The molecule has 5 heteroatoms. The lowest BCUT2D eigenvalue weighted by Gasteiger charge is -2.54. The van der Waals surface area contributed by atoms with Crippen LogP contribution in [0.5, 0.6) is 5.75 Å². The van der Waals surface area contributed by atoms with E-state index >= 15 is 0 Å². The van der Waals surface area contributed by atoms with Gasteiger partial charge in [-0.15, -0.1) is 0 Å². The fourth-order valence-electron chi connectivity index (χ4n) is 6.61. The number of anilines is 1. The molecule has 3 aromatic carbocycles. The average molecular weight is 437 g/mol. The molecule has 0 N–H and O–H groups in total. The molecule has 33 heavy (non-hydrogen) atoms. The Kier molecular flexibility index (Phi) is 4.15. The minimum atomic E-state index is -0.536. The van der Waals surface area contributed by atoms with Gasteiger partial charge in [0.05, 0.1) is 17.5 Å². The highest BCUT2D eigenvalue weighted by atomic mass is 16.5. The Morgan fingerprint density at radius 3 is 2.00 bits per heavy atom. The topological polar surface area (TPSA) is 63.7 Å². The van der Waals surface area contributed by atoms with Crippen molar-refractivity contribution in [2.45, 2.75) is 31.6 Å². The van der Waals surface area contributed by atoms with Crippen LogP contribution in [0.2, 0.25) is 0 Å². The lowest BCUT2D eigenvalue weighted by molar-refractivity contribution is -0.132. The number of carbonyl (C=O) groups is 3. The Labute approximate surface area is 192 Å². The molecule has 0 radical (unpaired) electrons. The van der Waals surface area contributed by atoms with E-state index in [1.54, 1.807) is 24.3 Å². The average Bonchev–Trinajstić information content (AvgIpc) is 3.10. The zero-order valence-electron chi connectivity index (χ0n) is 18.4. The van der Waals surface area contributed by atoms with Gasteiger partial charge in [0.1, 0.15) is 5.75 Å². The molecule has 0 unspecified atom stereocenters. The van der Waals surface area contributed by atoms with Crippen molar-refractivity contribution in [2.24, 2.45) is 11.8 Å². The first kappa shape index (κ1) is 19.9. The largest absolute Gasteiger partial charge is 0.427 e. The van der Waals surface area contributed by atoms with Crippen LogP contribution in [0.3, 0.4) is 0 Å². The highest BCUT2D eigenvalue weighted by Crippen LogP contribution is 2.65. The Hall–Kier alpha value is -3.73. The van der Waals surface area contributed by atoms with Gasteiger partial charge in [-0.05, 0) is 52.9 Å². The van der Waals surface area contributed by atoms with Crippen LogP contribution in [0.4, 0.5) is 5.69 Å². The second kappa shape index (κ2) is 6.88. The number of amides is 2. The van der Waals surface area contributed by atoms with Crippen molar-refractivity contribution in [3.05, 3.63) is 95.1 Å². The van der Waals surface area contributed by atoms with Crippen molar-refractivity contribution >= 4 is 23.5 Å². The van der Waals surface area contributed by atoms with E-state index in [1.807, 2.05) is 24.3 Å². The second-order valence-electron chi connectivity index (χ2n) is 9.08. The molecule has 3 aromatic rings. The Morgan fingerprint density at radius 1 is 0.879 bits per heavy atom. The molecule has 2 amide bonds. The molecule has 1 saturated heterocycles. The third kappa shape index (κ3) is 2.45. The van der Waals surface area contributed by atoms with Crippen LogP contribution in [0.25, 0.3) is 0 Å². The van der Waals surface area contributed by atoms with Crippen LogP contribution in [-0.4, -0.2) is 17.8 Å². The zero-order valence-corrected chi connectivity index (χ0v) is 18.4. The molecular weight excluding hydrogens is 414 g/mol. The minimum absolute atomic E-state index is 0.141. The molecule has 2 atom stereocenters. The Balaban J connectivity index is 1.53. The summed E-state index contributed by atoms with van der Waals surface area (Å²) >= 11 is 0. The maximum absolute atomic E-state index is 14.0. The number of nitrogens with zero attached hydrogens (tertiary/aromatic N) is 1. The Bertz CT molecular complexity index is 1280. The predicted molar refractivity (Wildman–Crippen MR) is 123 cm³/mol. The fourth-order valence-corrected chi connectivity index (χ4v) is 6.61.